The molecule has 2 rings (SSSR count). The van der Waals surface area contributed by atoms with Gasteiger partial charge < -0.3 is 15.7 Å². The van der Waals surface area contributed by atoms with Crippen molar-refractivity contribution in [1.82, 2.24) is 10.6 Å². The molecule has 2 aliphatic rings. The molecule has 1 saturated carbocycles. The number of urea groups is 1. The molecule has 1 saturated heterocycles. The lowest BCUT2D eigenvalue weighted by Crippen LogP contribution is -2.58. The van der Waals surface area contributed by atoms with Crippen LogP contribution in [0.3, 0.4) is 0 Å². The van der Waals surface area contributed by atoms with Gasteiger partial charge >= 0.3 is 12.0 Å². The fraction of sp³-hybridized carbons (Fsp3) is 0.846. The molecule has 1 heterocycles. The summed E-state index contributed by atoms with van der Waals surface area (Å²) >= 11 is 1.88. The summed E-state index contributed by atoms with van der Waals surface area (Å²) in [6.45, 7) is 0.631. The molecular formula is C13H22N2O3S. The molecule has 0 aromatic carbocycles. The summed E-state index contributed by atoms with van der Waals surface area (Å²) in [5.41, 5.74) is -1.05. The minimum Gasteiger partial charge on any atom is -0.480 e. The zero-order valence-electron chi connectivity index (χ0n) is 11.1. The van der Waals surface area contributed by atoms with Crippen LogP contribution >= 0.6 is 11.8 Å². The number of carbonyl (C=O) groups is 2. The van der Waals surface area contributed by atoms with Crippen molar-refractivity contribution in [2.45, 2.75) is 55.7 Å². The molecular weight excluding hydrogens is 264 g/mol. The smallest absolute Gasteiger partial charge is 0.329 e. The molecule has 1 unspecified atom stereocenters. The second kappa shape index (κ2) is 6.50. The molecule has 0 spiro atoms. The number of thioether (sulfide) groups is 1. The lowest BCUT2D eigenvalue weighted by Gasteiger charge is -2.34. The molecule has 0 aromatic rings. The Hall–Kier alpha value is -0.910. The number of amides is 2. The first-order chi connectivity index (χ1) is 9.12. The van der Waals surface area contributed by atoms with Crippen molar-refractivity contribution in [3.8, 4) is 0 Å². The van der Waals surface area contributed by atoms with E-state index in [1.165, 1.54) is 6.42 Å². The molecule has 2 amide bonds. The summed E-state index contributed by atoms with van der Waals surface area (Å²) in [5.74, 6) is 0.255. The highest BCUT2D eigenvalue weighted by molar-refractivity contribution is 8.00. The normalized spacial score (nSPS) is 25.8. The lowest BCUT2D eigenvalue weighted by atomic mass is 9.82. The lowest BCUT2D eigenvalue weighted by molar-refractivity contribution is -0.145. The molecule has 3 N–H and O–H groups in total. The maximum Gasteiger partial charge on any atom is 0.329 e. The molecule has 108 valence electrons. The molecule has 5 nitrogen and oxygen atoms in total. The van der Waals surface area contributed by atoms with Crippen molar-refractivity contribution in [2.75, 3.05) is 12.3 Å². The molecule has 0 aromatic heterocycles. The summed E-state index contributed by atoms with van der Waals surface area (Å²) in [5, 5.41) is 15.4. The summed E-state index contributed by atoms with van der Waals surface area (Å²) in [7, 11) is 0. The van der Waals surface area contributed by atoms with Crippen LogP contribution in [0.2, 0.25) is 0 Å². The number of carboxylic acid groups (broad SMARTS) is 1. The number of hydrogen-bond acceptors (Lipinski definition) is 3. The maximum absolute atomic E-state index is 11.9. The van der Waals surface area contributed by atoms with Crippen LogP contribution in [-0.2, 0) is 4.79 Å². The maximum atomic E-state index is 11.9. The van der Waals surface area contributed by atoms with Crippen LogP contribution in [0.25, 0.3) is 0 Å². The van der Waals surface area contributed by atoms with Gasteiger partial charge in [0.15, 0.2) is 0 Å². The second-order valence-corrected chi connectivity index (χ2v) is 6.83. The largest absolute Gasteiger partial charge is 0.480 e. The minimum atomic E-state index is -1.05. The molecule has 0 bridgehead atoms. The average Bonchev–Trinajstić information content (AvgIpc) is 2.90. The average molecular weight is 286 g/mol. The number of carbonyl (C=O) groups excluding carboxylic acids is 1. The Bertz CT molecular complexity index is 337. The molecule has 1 atom stereocenters. The summed E-state index contributed by atoms with van der Waals surface area (Å²) < 4.78 is 0. The predicted molar refractivity (Wildman–Crippen MR) is 75.5 cm³/mol. The number of carboxylic acids is 1. The van der Waals surface area contributed by atoms with Gasteiger partial charge in [0, 0.05) is 11.8 Å². The van der Waals surface area contributed by atoms with E-state index in [4.69, 9.17) is 0 Å². The third-order valence-corrected chi connectivity index (χ3v) is 5.38. The first-order valence-corrected chi connectivity index (χ1v) is 8.08. The van der Waals surface area contributed by atoms with Gasteiger partial charge in [0.1, 0.15) is 5.54 Å². The topological polar surface area (TPSA) is 78.4 Å². The molecule has 0 radical (unpaired) electrons. The van der Waals surface area contributed by atoms with Crippen molar-refractivity contribution >= 4 is 23.8 Å². The zero-order valence-corrected chi connectivity index (χ0v) is 11.9. The van der Waals surface area contributed by atoms with Crippen LogP contribution in [0.1, 0.15) is 44.9 Å². The van der Waals surface area contributed by atoms with Gasteiger partial charge in [-0.3, -0.25) is 0 Å². The van der Waals surface area contributed by atoms with E-state index in [1.54, 1.807) is 0 Å². The number of nitrogens with one attached hydrogen (secondary N) is 2. The number of aliphatic carboxylic acids is 1. The predicted octanol–water partition coefficient (Wildman–Crippen LogP) is 1.97. The number of hydrogen-bond donors (Lipinski definition) is 3. The molecule has 19 heavy (non-hydrogen) atoms. The van der Waals surface area contributed by atoms with Crippen molar-refractivity contribution in [3.63, 3.8) is 0 Å². The van der Waals surface area contributed by atoms with Gasteiger partial charge in [-0.1, -0.05) is 19.3 Å². The van der Waals surface area contributed by atoms with Crippen LogP contribution in [-0.4, -0.2) is 40.2 Å². The SMILES string of the molecule is O=C(NCC1CCCS1)NC1(C(=O)O)CCCCC1. The quantitative estimate of drug-likeness (QED) is 0.738. The van der Waals surface area contributed by atoms with E-state index in [2.05, 4.69) is 10.6 Å². The van der Waals surface area contributed by atoms with E-state index in [1.807, 2.05) is 11.8 Å². The standard InChI is InChI=1S/C13H22N2O3S/c16-11(17)13(6-2-1-3-7-13)15-12(18)14-9-10-5-4-8-19-10/h10H,1-9H2,(H,16,17)(H2,14,15,18). The Kier molecular flexibility index (Phi) is 4.96. The van der Waals surface area contributed by atoms with E-state index in [-0.39, 0.29) is 6.03 Å². The van der Waals surface area contributed by atoms with Crippen LogP contribution in [0, 0.1) is 0 Å². The molecule has 1 aliphatic carbocycles. The van der Waals surface area contributed by atoms with E-state index in [9.17, 15) is 14.7 Å². The fourth-order valence-electron chi connectivity index (χ4n) is 2.82. The highest BCUT2D eigenvalue weighted by Crippen LogP contribution is 2.28. The third kappa shape index (κ3) is 3.78. The molecule has 1 aliphatic heterocycles. The Balaban J connectivity index is 1.82. The summed E-state index contributed by atoms with van der Waals surface area (Å²) in [6, 6.07) is -0.336. The van der Waals surface area contributed by atoms with Crippen molar-refractivity contribution < 1.29 is 14.7 Å². The van der Waals surface area contributed by atoms with Gasteiger partial charge in [-0.25, -0.2) is 9.59 Å². The van der Waals surface area contributed by atoms with Crippen LogP contribution < -0.4 is 10.6 Å². The van der Waals surface area contributed by atoms with Gasteiger partial charge in [0.2, 0.25) is 0 Å². The molecule has 6 heteroatoms. The molecule has 2 fully saturated rings. The van der Waals surface area contributed by atoms with Crippen LogP contribution in [0.15, 0.2) is 0 Å². The van der Waals surface area contributed by atoms with Gasteiger partial charge in [-0.15, -0.1) is 0 Å². The van der Waals surface area contributed by atoms with Crippen molar-refractivity contribution in [3.05, 3.63) is 0 Å². The van der Waals surface area contributed by atoms with Crippen molar-refractivity contribution in [2.24, 2.45) is 0 Å². The monoisotopic (exact) mass is 286 g/mol. The summed E-state index contributed by atoms with van der Waals surface area (Å²) in [4.78, 5) is 23.3. The van der Waals surface area contributed by atoms with E-state index < -0.39 is 11.5 Å². The van der Waals surface area contributed by atoms with Gasteiger partial charge in [-0.05, 0) is 31.4 Å². The highest BCUT2D eigenvalue weighted by atomic mass is 32.2. The Labute approximate surface area is 117 Å². The Morgan fingerprint density at radius 2 is 1.95 bits per heavy atom. The Morgan fingerprint density at radius 3 is 2.53 bits per heavy atom. The number of rotatable bonds is 4. The Morgan fingerprint density at radius 1 is 1.21 bits per heavy atom. The zero-order chi connectivity index (χ0) is 13.7. The van der Waals surface area contributed by atoms with Crippen molar-refractivity contribution in [1.29, 1.82) is 0 Å². The fourth-order valence-corrected chi connectivity index (χ4v) is 4.02. The van der Waals surface area contributed by atoms with Gasteiger partial charge in [-0.2, -0.15) is 11.8 Å². The van der Waals surface area contributed by atoms with Crippen LogP contribution in [0.5, 0.6) is 0 Å². The van der Waals surface area contributed by atoms with E-state index in [0.717, 1.165) is 31.4 Å². The van der Waals surface area contributed by atoms with E-state index >= 15 is 0 Å². The second-order valence-electron chi connectivity index (χ2n) is 5.42. The highest BCUT2D eigenvalue weighted by Gasteiger charge is 2.41. The first-order valence-electron chi connectivity index (χ1n) is 7.03. The minimum absolute atomic E-state index is 0.336. The third-order valence-electron chi connectivity index (χ3n) is 3.98. The first kappa shape index (κ1) is 14.5. The van der Waals surface area contributed by atoms with E-state index in [0.29, 0.717) is 24.6 Å². The van der Waals surface area contributed by atoms with Gasteiger partial charge in [0.05, 0.1) is 0 Å². The van der Waals surface area contributed by atoms with Gasteiger partial charge in [0.25, 0.3) is 0 Å². The summed E-state index contributed by atoms with van der Waals surface area (Å²) in [6.07, 6.45) is 6.20. The van der Waals surface area contributed by atoms with Crippen LogP contribution in [0.4, 0.5) is 4.79 Å².